The molecule has 0 radical (unpaired) electrons. The molecular formula is C18H29ClN4O4. The smallest absolute Gasteiger partial charge is 0.242 e. The van der Waals surface area contributed by atoms with Crippen molar-refractivity contribution in [3.05, 3.63) is 0 Å². The van der Waals surface area contributed by atoms with Gasteiger partial charge in [0, 0.05) is 12.5 Å². The van der Waals surface area contributed by atoms with Crippen LogP contribution in [0.5, 0.6) is 0 Å². The zero-order valence-electron chi connectivity index (χ0n) is 15.4. The van der Waals surface area contributed by atoms with Crippen molar-refractivity contribution in [1.82, 2.24) is 16.0 Å². The average molecular weight is 401 g/mol. The maximum Gasteiger partial charge on any atom is 0.242 e. The Balaban J connectivity index is 0.00000210. The molecule has 3 amide bonds. The minimum absolute atomic E-state index is 0. The molecule has 4 aliphatic rings. The van der Waals surface area contributed by atoms with E-state index in [1.54, 1.807) is 6.92 Å². The Morgan fingerprint density at radius 1 is 1.33 bits per heavy atom. The van der Waals surface area contributed by atoms with Gasteiger partial charge in [-0.15, -0.1) is 12.4 Å². The molecule has 9 heteroatoms. The van der Waals surface area contributed by atoms with Crippen molar-refractivity contribution in [2.45, 2.75) is 50.3 Å². The van der Waals surface area contributed by atoms with Gasteiger partial charge in [-0.2, -0.15) is 0 Å². The largest absolute Gasteiger partial charge is 0.393 e. The van der Waals surface area contributed by atoms with Crippen LogP contribution in [0.1, 0.15) is 32.6 Å². The molecule has 2 bridgehead atoms. The van der Waals surface area contributed by atoms with E-state index in [0.29, 0.717) is 24.8 Å². The van der Waals surface area contributed by atoms with Crippen LogP contribution in [0.15, 0.2) is 0 Å². The lowest BCUT2D eigenvalue weighted by molar-refractivity contribution is -0.134. The highest BCUT2D eigenvalue weighted by Gasteiger charge is 2.59. The lowest BCUT2D eigenvalue weighted by Gasteiger charge is -2.34. The van der Waals surface area contributed by atoms with Gasteiger partial charge in [0.2, 0.25) is 17.7 Å². The number of aliphatic hydroxyl groups excluding tert-OH is 1. The molecule has 152 valence electrons. The van der Waals surface area contributed by atoms with Crippen LogP contribution >= 0.6 is 12.4 Å². The van der Waals surface area contributed by atoms with Gasteiger partial charge in [-0.05, 0) is 62.8 Å². The highest BCUT2D eigenvalue weighted by Crippen LogP contribution is 2.55. The van der Waals surface area contributed by atoms with Gasteiger partial charge in [0.25, 0.3) is 0 Å². The number of fused-ring (bicyclic) bond motifs is 5. The summed E-state index contributed by atoms with van der Waals surface area (Å²) in [5, 5.41) is 19.1. The first-order valence-electron chi connectivity index (χ1n) is 9.61. The van der Waals surface area contributed by atoms with Crippen molar-refractivity contribution >= 4 is 30.1 Å². The van der Waals surface area contributed by atoms with Crippen molar-refractivity contribution in [3.8, 4) is 0 Å². The second-order valence-electron chi connectivity index (χ2n) is 8.76. The predicted octanol–water partition coefficient (Wildman–Crippen LogP) is -1.10. The fourth-order valence-electron chi connectivity index (χ4n) is 5.84. The fraction of sp³-hybridized carbons (Fsp3) is 0.833. The Kier molecular flexibility index (Phi) is 5.44. The molecule has 27 heavy (non-hydrogen) atoms. The number of rotatable bonds is 5. The van der Waals surface area contributed by atoms with Crippen molar-refractivity contribution in [2.75, 3.05) is 13.1 Å². The number of aliphatic hydroxyl groups is 1. The number of amides is 3. The molecule has 2 saturated heterocycles. The van der Waals surface area contributed by atoms with Crippen molar-refractivity contribution in [2.24, 2.45) is 35.3 Å². The number of nitrogens with two attached hydrogens (primary N) is 1. The standard InChI is InChI=1S/C18H28N4O4.ClH/c1-18(17(19)26,6-8-2-3-20-15(8)24)22-16(25)14-13-10-4-9(5-12(10)23)11(13)7-21-14;/h8-14,21,23H,2-7H2,1H3,(H2,19,26)(H,20,24)(H,22,25);1H/t8-,9-,10+,11+,12+,13-,14-,18-;/m0./s1. The number of primary amides is 1. The summed E-state index contributed by atoms with van der Waals surface area (Å²) in [6.07, 6.45) is 2.32. The minimum Gasteiger partial charge on any atom is -0.393 e. The molecule has 4 fully saturated rings. The second kappa shape index (κ2) is 7.22. The van der Waals surface area contributed by atoms with Gasteiger partial charge in [0.15, 0.2) is 0 Å². The lowest BCUT2D eigenvalue weighted by Crippen LogP contribution is -2.60. The Bertz CT molecular complexity index is 647. The SMILES string of the molecule is C[C@@](C[C@@H]1CCNC1=O)(NC(=O)[C@H]1NC[C@@H]2[C@H]3C[C@@H]([C@@H]21)[C@H](O)C3)C(N)=O.Cl. The number of nitrogens with one attached hydrogen (secondary N) is 3. The molecule has 6 N–H and O–H groups in total. The Labute approximate surface area is 164 Å². The van der Waals surface area contributed by atoms with E-state index in [9.17, 15) is 19.5 Å². The zero-order chi connectivity index (χ0) is 18.6. The monoisotopic (exact) mass is 400 g/mol. The van der Waals surface area contributed by atoms with E-state index in [1.165, 1.54) is 0 Å². The van der Waals surface area contributed by atoms with Gasteiger partial charge < -0.3 is 26.8 Å². The molecule has 2 aliphatic carbocycles. The maximum absolute atomic E-state index is 13.0. The molecule has 8 nitrogen and oxygen atoms in total. The van der Waals surface area contributed by atoms with Crippen molar-refractivity contribution in [1.29, 1.82) is 0 Å². The van der Waals surface area contributed by atoms with E-state index in [-0.39, 0.29) is 54.5 Å². The van der Waals surface area contributed by atoms with Gasteiger partial charge >= 0.3 is 0 Å². The summed E-state index contributed by atoms with van der Waals surface area (Å²) in [6, 6.07) is -0.416. The Hall–Kier alpha value is -1.38. The van der Waals surface area contributed by atoms with Gasteiger partial charge in [0.1, 0.15) is 5.54 Å². The number of hydrogen-bond donors (Lipinski definition) is 5. The minimum atomic E-state index is -1.26. The van der Waals surface area contributed by atoms with Crippen LogP contribution in [0.4, 0.5) is 0 Å². The summed E-state index contributed by atoms with van der Waals surface area (Å²) in [5.74, 6) is -0.144. The van der Waals surface area contributed by atoms with Crippen LogP contribution < -0.4 is 21.7 Å². The van der Waals surface area contributed by atoms with Crippen LogP contribution in [-0.2, 0) is 14.4 Å². The fourth-order valence-corrected chi connectivity index (χ4v) is 5.84. The molecule has 0 aromatic rings. The number of carbonyl (C=O) groups is 3. The van der Waals surface area contributed by atoms with Crippen LogP contribution in [0.3, 0.4) is 0 Å². The molecule has 0 aromatic carbocycles. The van der Waals surface area contributed by atoms with Crippen molar-refractivity contribution in [3.63, 3.8) is 0 Å². The predicted molar refractivity (Wildman–Crippen MR) is 99.7 cm³/mol. The molecule has 4 rings (SSSR count). The third kappa shape index (κ3) is 3.32. The summed E-state index contributed by atoms with van der Waals surface area (Å²) in [7, 11) is 0. The zero-order valence-corrected chi connectivity index (χ0v) is 16.3. The number of carbonyl (C=O) groups excluding carboxylic acids is 3. The molecule has 2 saturated carbocycles. The summed E-state index contributed by atoms with van der Waals surface area (Å²) in [4.78, 5) is 36.9. The highest BCUT2D eigenvalue weighted by atomic mass is 35.5. The van der Waals surface area contributed by atoms with E-state index < -0.39 is 17.5 Å². The summed E-state index contributed by atoms with van der Waals surface area (Å²) < 4.78 is 0. The van der Waals surface area contributed by atoms with E-state index in [2.05, 4.69) is 16.0 Å². The highest BCUT2D eigenvalue weighted by molar-refractivity contribution is 5.93. The second-order valence-corrected chi connectivity index (χ2v) is 8.76. The lowest BCUT2D eigenvalue weighted by atomic mass is 9.76. The van der Waals surface area contributed by atoms with E-state index in [1.807, 2.05) is 0 Å². The first-order chi connectivity index (χ1) is 12.3. The van der Waals surface area contributed by atoms with Gasteiger partial charge in [-0.3, -0.25) is 14.4 Å². The molecule has 2 aliphatic heterocycles. The number of halogens is 1. The molecule has 0 aromatic heterocycles. The van der Waals surface area contributed by atoms with E-state index in [4.69, 9.17) is 5.73 Å². The first-order valence-corrected chi connectivity index (χ1v) is 9.61. The van der Waals surface area contributed by atoms with Crippen LogP contribution in [0.25, 0.3) is 0 Å². The summed E-state index contributed by atoms with van der Waals surface area (Å²) >= 11 is 0. The molecule has 2 heterocycles. The van der Waals surface area contributed by atoms with E-state index in [0.717, 1.165) is 19.4 Å². The third-order valence-electron chi connectivity index (χ3n) is 7.21. The van der Waals surface area contributed by atoms with Gasteiger partial charge in [-0.25, -0.2) is 0 Å². The summed E-state index contributed by atoms with van der Waals surface area (Å²) in [6.45, 7) is 2.96. The van der Waals surface area contributed by atoms with E-state index >= 15 is 0 Å². The molecule has 0 spiro atoms. The first kappa shape index (κ1) is 20.4. The van der Waals surface area contributed by atoms with Crippen molar-refractivity contribution < 1.29 is 19.5 Å². The van der Waals surface area contributed by atoms with Gasteiger partial charge in [-0.1, -0.05) is 0 Å². The third-order valence-corrected chi connectivity index (χ3v) is 7.21. The normalized spacial score (nSPS) is 41.4. The van der Waals surface area contributed by atoms with Crippen LogP contribution in [0.2, 0.25) is 0 Å². The molecule has 0 unspecified atom stereocenters. The number of hydrogen-bond acceptors (Lipinski definition) is 5. The van der Waals surface area contributed by atoms with Gasteiger partial charge in [0.05, 0.1) is 12.1 Å². The Morgan fingerprint density at radius 2 is 2.07 bits per heavy atom. The van der Waals surface area contributed by atoms with Crippen LogP contribution in [0, 0.1) is 29.6 Å². The average Bonchev–Trinajstić information content (AvgIpc) is 3.30. The van der Waals surface area contributed by atoms with Crippen LogP contribution in [-0.4, -0.2) is 53.6 Å². The summed E-state index contributed by atoms with van der Waals surface area (Å²) in [5.41, 5.74) is 4.32. The topological polar surface area (TPSA) is 134 Å². The quantitative estimate of drug-likeness (QED) is 0.399. The molecular weight excluding hydrogens is 372 g/mol. The Morgan fingerprint density at radius 3 is 2.70 bits per heavy atom. The molecule has 8 atom stereocenters. The maximum atomic E-state index is 13.0.